The van der Waals surface area contributed by atoms with Gasteiger partial charge in [0.1, 0.15) is 0 Å². The van der Waals surface area contributed by atoms with Crippen LogP contribution in [0.4, 0.5) is 0 Å². The molecule has 4 heteroatoms. The van der Waals surface area contributed by atoms with Crippen LogP contribution in [0.25, 0.3) is 0 Å². The summed E-state index contributed by atoms with van der Waals surface area (Å²) < 4.78 is 0. The molecule has 0 heterocycles. The molecule has 17 heavy (non-hydrogen) atoms. The van der Waals surface area contributed by atoms with Gasteiger partial charge in [-0.15, -0.1) is 0 Å². The van der Waals surface area contributed by atoms with Crippen molar-refractivity contribution in [3.63, 3.8) is 0 Å². The van der Waals surface area contributed by atoms with E-state index in [9.17, 15) is 9.90 Å². The van der Waals surface area contributed by atoms with Gasteiger partial charge >= 0.3 is 0 Å². The second-order valence-corrected chi connectivity index (χ2v) is 5.69. The van der Waals surface area contributed by atoms with Gasteiger partial charge in [0.25, 0.3) is 0 Å². The Labute approximate surface area is 103 Å². The van der Waals surface area contributed by atoms with Crippen molar-refractivity contribution in [2.45, 2.75) is 57.1 Å². The lowest BCUT2D eigenvalue weighted by atomic mass is 9.86. The molecular weight excluding hydrogens is 216 g/mol. The number of nitrogens with two attached hydrogens (primary N) is 1. The molecule has 0 aromatic heterocycles. The first-order valence-corrected chi connectivity index (χ1v) is 6.86. The fourth-order valence-electron chi connectivity index (χ4n) is 3.00. The number of hydrogen-bond donors (Lipinski definition) is 3. The summed E-state index contributed by atoms with van der Waals surface area (Å²) in [6.07, 6.45) is 6.43. The maximum Gasteiger partial charge on any atom is 0.223 e. The van der Waals surface area contributed by atoms with Crippen LogP contribution in [0.2, 0.25) is 0 Å². The molecule has 0 aromatic rings. The van der Waals surface area contributed by atoms with Gasteiger partial charge in [-0.25, -0.2) is 0 Å². The van der Waals surface area contributed by atoms with E-state index >= 15 is 0 Å². The van der Waals surface area contributed by atoms with Gasteiger partial charge in [-0.1, -0.05) is 0 Å². The van der Waals surface area contributed by atoms with Crippen LogP contribution < -0.4 is 11.1 Å². The first-order valence-electron chi connectivity index (χ1n) is 6.86. The molecule has 2 saturated carbocycles. The average molecular weight is 240 g/mol. The summed E-state index contributed by atoms with van der Waals surface area (Å²) in [5, 5.41) is 12.5. The van der Waals surface area contributed by atoms with Crippen LogP contribution in [0, 0.1) is 11.8 Å². The zero-order valence-electron chi connectivity index (χ0n) is 10.4. The maximum absolute atomic E-state index is 11.9. The van der Waals surface area contributed by atoms with E-state index in [1.165, 1.54) is 0 Å². The highest BCUT2D eigenvalue weighted by molar-refractivity contribution is 5.78. The molecule has 2 aliphatic rings. The van der Waals surface area contributed by atoms with Gasteiger partial charge in [0.15, 0.2) is 0 Å². The van der Waals surface area contributed by atoms with E-state index in [1.807, 2.05) is 0 Å². The van der Waals surface area contributed by atoms with E-state index in [-0.39, 0.29) is 17.9 Å². The quantitative estimate of drug-likeness (QED) is 0.682. The van der Waals surface area contributed by atoms with Crippen LogP contribution in [0.3, 0.4) is 0 Å². The maximum atomic E-state index is 11.9. The highest BCUT2D eigenvalue weighted by atomic mass is 16.3. The molecule has 2 aliphatic carbocycles. The van der Waals surface area contributed by atoms with Crippen LogP contribution >= 0.6 is 0 Å². The Balaban J connectivity index is 1.67. The third-order valence-electron chi connectivity index (χ3n) is 4.22. The summed E-state index contributed by atoms with van der Waals surface area (Å²) in [5.41, 5.74) is 5.83. The third-order valence-corrected chi connectivity index (χ3v) is 4.22. The number of nitrogens with one attached hydrogen (secondary N) is 1. The molecule has 98 valence electrons. The Kier molecular flexibility index (Phi) is 4.40. The molecule has 2 rings (SSSR count). The van der Waals surface area contributed by atoms with Crippen LogP contribution in [-0.4, -0.2) is 29.7 Å². The number of rotatable bonds is 3. The molecule has 0 radical (unpaired) electrons. The van der Waals surface area contributed by atoms with Crippen molar-refractivity contribution in [1.29, 1.82) is 0 Å². The molecule has 0 saturated heterocycles. The molecule has 0 aromatic carbocycles. The second kappa shape index (κ2) is 5.83. The molecule has 2 fully saturated rings. The van der Waals surface area contributed by atoms with Crippen molar-refractivity contribution in [3.05, 3.63) is 0 Å². The van der Waals surface area contributed by atoms with Crippen LogP contribution in [0.1, 0.15) is 44.9 Å². The number of amides is 1. The van der Waals surface area contributed by atoms with Gasteiger partial charge in [-0.05, 0) is 50.9 Å². The van der Waals surface area contributed by atoms with Crippen molar-refractivity contribution < 1.29 is 9.90 Å². The standard InChI is InChI=1S/C13H24N2O2/c14-11-4-2-10(3-5-11)13(17)15-8-9-1-6-12(16)7-9/h9-12,16H,1-8,14H2,(H,15,17). The van der Waals surface area contributed by atoms with Gasteiger partial charge in [-0.2, -0.15) is 0 Å². The predicted molar refractivity (Wildman–Crippen MR) is 66.3 cm³/mol. The van der Waals surface area contributed by atoms with Crippen molar-refractivity contribution in [3.8, 4) is 0 Å². The third kappa shape index (κ3) is 3.68. The van der Waals surface area contributed by atoms with E-state index in [1.54, 1.807) is 0 Å². The SMILES string of the molecule is NC1CCC(C(=O)NCC2CCC(O)C2)CC1. The van der Waals surface area contributed by atoms with Crippen molar-refractivity contribution in [2.75, 3.05) is 6.54 Å². The van der Waals surface area contributed by atoms with E-state index < -0.39 is 0 Å². The molecular formula is C13H24N2O2. The topological polar surface area (TPSA) is 75.4 Å². The van der Waals surface area contributed by atoms with Gasteiger partial charge in [0, 0.05) is 18.5 Å². The first-order chi connectivity index (χ1) is 8.15. The Morgan fingerprint density at radius 3 is 2.47 bits per heavy atom. The van der Waals surface area contributed by atoms with E-state index in [4.69, 9.17) is 5.73 Å². The van der Waals surface area contributed by atoms with Crippen LogP contribution in [-0.2, 0) is 4.79 Å². The van der Waals surface area contributed by atoms with Gasteiger partial charge in [0.05, 0.1) is 6.10 Å². The Morgan fingerprint density at radius 2 is 1.88 bits per heavy atom. The summed E-state index contributed by atoms with van der Waals surface area (Å²) >= 11 is 0. The van der Waals surface area contributed by atoms with Crippen LogP contribution in [0.15, 0.2) is 0 Å². The van der Waals surface area contributed by atoms with Gasteiger partial charge < -0.3 is 16.2 Å². The zero-order valence-corrected chi connectivity index (χ0v) is 10.4. The molecule has 4 nitrogen and oxygen atoms in total. The minimum atomic E-state index is -0.149. The van der Waals surface area contributed by atoms with Crippen LogP contribution in [0.5, 0.6) is 0 Å². The minimum absolute atomic E-state index is 0.149. The monoisotopic (exact) mass is 240 g/mol. The molecule has 4 N–H and O–H groups in total. The normalized spacial score (nSPS) is 38.0. The van der Waals surface area contributed by atoms with Gasteiger partial charge in [-0.3, -0.25) is 4.79 Å². The molecule has 2 unspecified atom stereocenters. The largest absolute Gasteiger partial charge is 0.393 e. The number of carbonyl (C=O) groups excluding carboxylic acids is 1. The zero-order chi connectivity index (χ0) is 12.3. The Bertz CT molecular complexity index is 262. The lowest BCUT2D eigenvalue weighted by Crippen LogP contribution is -2.38. The van der Waals surface area contributed by atoms with Crippen molar-refractivity contribution >= 4 is 5.91 Å². The summed E-state index contributed by atoms with van der Waals surface area (Å²) in [7, 11) is 0. The number of aliphatic hydroxyl groups excluding tert-OH is 1. The Hall–Kier alpha value is -0.610. The van der Waals surface area contributed by atoms with E-state index in [2.05, 4.69) is 5.32 Å². The molecule has 0 aliphatic heterocycles. The van der Waals surface area contributed by atoms with Crippen molar-refractivity contribution in [1.82, 2.24) is 5.32 Å². The fourth-order valence-corrected chi connectivity index (χ4v) is 3.00. The molecule has 0 bridgehead atoms. The van der Waals surface area contributed by atoms with Crippen molar-refractivity contribution in [2.24, 2.45) is 17.6 Å². The lowest BCUT2D eigenvalue weighted by Gasteiger charge is -2.25. The summed E-state index contributed by atoms with van der Waals surface area (Å²) in [6.45, 7) is 0.735. The lowest BCUT2D eigenvalue weighted by molar-refractivity contribution is -0.126. The minimum Gasteiger partial charge on any atom is -0.393 e. The second-order valence-electron chi connectivity index (χ2n) is 5.69. The predicted octanol–water partition coefficient (Wildman–Crippen LogP) is 0.781. The molecule has 2 atom stereocenters. The highest BCUT2D eigenvalue weighted by Gasteiger charge is 2.27. The molecule has 0 spiro atoms. The number of aliphatic hydroxyl groups is 1. The number of hydrogen-bond acceptors (Lipinski definition) is 3. The van der Waals surface area contributed by atoms with Gasteiger partial charge in [0.2, 0.25) is 5.91 Å². The number of carbonyl (C=O) groups is 1. The highest BCUT2D eigenvalue weighted by Crippen LogP contribution is 2.26. The summed E-state index contributed by atoms with van der Waals surface area (Å²) in [4.78, 5) is 11.9. The summed E-state index contributed by atoms with van der Waals surface area (Å²) in [6, 6.07) is 0.295. The van der Waals surface area contributed by atoms with E-state index in [0.29, 0.717) is 12.0 Å². The molecule has 1 amide bonds. The first kappa shape index (κ1) is 12.8. The van der Waals surface area contributed by atoms with E-state index in [0.717, 1.165) is 51.5 Å². The fraction of sp³-hybridized carbons (Fsp3) is 0.923. The smallest absolute Gasteiger partial charge is 0.223 e. The summed E-state index contributed by atoms with van der Waals surface area (Å²) in [5.74, 6) is 0.833. The average Bonchev–Trinajstić information content (AvgIpc) is 2.73. The Morgan fingerprint density at radius 1 is 1.18 bits per heavy atom.